The molecule has 1 saturated heterocycles. The Morgan fingerprint density at radius 2 is 2.04 bits per heavy atom. The van der Waals surface area contributed by atoms with Crippen LogP contribution in [0.25, 0.3) is 0 Å². The second-order valence-electron chi connectivity index (χ2n) is 6.55. The monoisotopic (exact) mass is 389 g/mol. The van der Waals surface area contributed by atoms with E-state index in [2.05, 4.69) is 9.55 Å². The number of carbonyl (C=O) groups is 1. The molecule has 0 bridgehead atoms. The maximum absolute atomic E-state index is 12.9. The van der Waals surface area contributed by atoms with E-state index >= 15 is 0 Å². The SMILES string of the molecule is COCCOCn1ccnc1C1CCN(C(=O)c2ccccc2SC)CC1. The lowest BCUT2D eigenvalue weighted by atomic mass is 9.95. The van der Waals surface area contributed by atoms with Gasteiger partial charge in [-0.2, -0.15) is 0 Å². The first-order valence-electron chi connectivity index (χ1n) is 9.24. The van der Waals surface area contributed by atoms with E-state index in [-0.39, 0.29) is 5.91 Å². The summed E-state index contributed by atoms with van der Waals surface area (Å²) in [7, 11) is 1.67. The van der Waals surface area contributed by atoms with Gasteiger partial charge in [-0.3, -0.25) is 4.79 Å². The smallest absolute Gasteiger partial charge is 0.254 e. The summed E-state index contributed by atoms with van der Waals surface area (Å²) in [5, 5.41) is 0. The summed E-state index contributed by atoms with van der Waals surface area (Å²) in [4.78, 5) is 20.4. The molecule has 7 heteroatoms. The molecule has 1 aliphatic rings. The molecular weight excluding hydrogens is 362 g/mol. The van der Waals surface area contributed by atoms with Crippen LogP contribution in [0.15, 0.2) is 41.6 Å². The fraction of sp³-hybridized carbons (Fsp3) is 0.500. The van der Waals surface area contributed by atoms with Crippen LogP contribution >= 0.6 is 11.8 Å². The number of likely N-dealkylation sites (tertiary alicyclic amines) is 1. The molecule has 1 aliphatic heterocycles. The molecule has 1 fully saturated rings. The third-order valence-electron chi connectivity index (χ3n) is 4.89. The summed E-state index contributed by atoms with van der Waals surface area (Å²) >= 11 is 1.62. The average Bonchev–Trinajstić information content (AvgIpc) is 3.19. The third kappa shape index (κ3) is 4.91. The van der Waals surface area contributed by atoms with Crippen LogP contribution in [0, 0.1) is 0 Å². The fourth-order valence-electron chi connectivity index (χ4n) is 3.43. The van der Waals surface area contributed by atoms with Gasteiger partial charge in [-0.15, -0.1) is 11.8 Å². The van der Waals surface area contributed by atoms with E-state index in [9.17, 15) is 4.79 Å². The van der Waals surface area contributed by atoms with Crippen LogP contribution in [0.5, 0.6) is 0 Å². The van der Waals surface area contributed by atoms with Crippen LogP contribution in [-0.2, 0) is 16.2 Å². The highest BCUT2D eigenvalue weighted by molar-refractivity contribution is 7.98. The number of thioether (sulfide) groups is 1. The van der Waals surface area contributed by atoms with Crippen molar-refractivity contribution in [2.75, 3.05) is 39.7 Å². The van der Waals surface area contributed by atoms with Gasteiger partial charge in [0, 0.05) is 43.4 Å². The predicted octanol–water partition coefficient (Wildman–Crippen LogP) is 3.25. The molecule has 0 aliphatic carbocycles. The topological polar surface area (TPSA) is 56.6 Å². The van der Waals surface area contributed by atoms with E-state index < -0.39 is 0 Å². The van der Waals surface area contributed by atoms with Crippen LogP contribution in [0.2, 0.25) is 0 Å². The number of carbonyl (C=O) groups excluding carboxylic acids is 1. The maximum atomic E-state index is 12.9. The second kappa shape index (κ2) is 9.92. The maximum Gasteiger partial charge on any atom is 0.254 e. The van der Waals surface area contributed by atoms with E-state index in [0.717, 1.165) is 42.2 Å². The Kier molecular flexibility index (Phi) is 7.32. The zero-order valence-electron chi connectivity index (χ0n) is 16.0. The minimum absolute atomic E-state index is 0.129. The molecule has 0 N–H and O–H groups in total. The van der Waals surface area contributed by atoms with Crippen molar-refractivity contribution in [1.82, 2.24) is 14.5 Å². The normalized spacial score (nSPS) is 15.3. The highest BCUT2D eigenvalue weighted by atomic mass is 32.2. The summed E-state index contributed by atoms with van der Waals surface area (Å²) in [6.45, 7) is 3.14. The predicted molar refractivity (Wildman–Crippen MR) is 106 cm³/mol. The zero-order chi connectivity index (χ0) is 19.1. The Hall–Kier alpha value is -1.83. The van der Waals surface area contributed by atoms with Crippen molar-refractivity contribution in [3.05, 3.63) is 48.0 Å². The largest absolute Gasteiger partial charge is 0.382 e. The molecule has 3 rings (SSSR count). The van der Waals surface area contributed by atoms with Gasteiger partial charge in [-0.25, -0.2) is 4.98 Å². The molecule has 0 unspecified atom stereocenters. The summed E-state index contributed by atoms with van der Waals surface area (Å²) in [5.41, 5.74) is 0.802. The van der Waals surface area contributed by atoms with Crippen molar-refractivity contribution in [1.29, 1.82) is 0 Å². The lowest BCUT2D eigenvalue weighted by Gasteiger charge is -2.32. The van der Waals surface area contributed by atoms with Gasteiger partial charge in [0.15, 0.2) is 0 Å². The van der Waals surface area contributed by atoms with E-state index in [1.807, 2.05) is 47.8 Å². The minimum atomic E-state index is 0.129. The van der Waals surface area contributed by atoms with E-state index in [1.54, 1.807) is 18.9 Å². The number of ether oxygens (including phenoxy) is 2. The van der Waals surface area contributed by atoms with Gasteiger partial charge >= 0.3 is 0 Å². The quantitative estimate of drug-likeness (QED) is 0.512. The number of benzene rings is 1. The first kappa shape index (κ1) is 19.9. The van der Waals surface area contributed by atoms with Crippen LogP contribution in [0.4, 0.5) is 0 Å². The van der Waals surface area contributed by atoms with Crippen LogP contribution in [-0.4, -0.2) is 60.0 Å². The van der Waals surface area contributed by atoms with Gasteiger partial charge in [0.2, 0.25) is 0 Å². The number of methoxy groups -OCH3 is 1. The second-order valence-corrected chi connectivity index (χ2v) is 7.40. The average molecular weight is 390 g/mol. The number of imidazole rings is 1. The fourth-order valence-corrected chi connectivity index (χ4v) is 4.02. The van der Waals surface area contributed by atoms with Crippen molar-refractivity contribution in [3.8, 4) is 0 Å². The van der Waals surface area contributed by atoms with Crippen LogP contribution in [0.3, 0.4) is 0 Å². The Labute approximate surface area is 164 Å². The number of piperidine rings is 1. The van der Waals surface area contributed by atoms with Gasteiger partial charge in [0.1, 0.15) is 12.6 Å². The van der Waals surface area contributed by atoms with Gasteiger partial charge < -0.3 is 18.9 Å². The summed E-state index contributed by atoms with van der Waals surface area (Å²) in [6.07, 6.45) is 7.62. The Bertz CT molecular complexity index is 742. The molecular formula is C20H27N3O3S. The summed E-state index contributed by atoms with van der Waals surface area (Å²) in [6, 6.07) is 7.83. The number of rotatable bonds is 8. The van der Waals surface area contributed by atoms with Gasteiger partial charge in [0.25, 0.3) is 5.91 Å². The molecule has 0 spiro atoms. The van der Waals surface area contributed by atoms with Crippen LogP contribution in [0.1, 0.15) is 34.9 Å². The molecule has 0 radical (unpaired) electrons. The van der Waals surface area contributed by atoms with Gasteiger partial charge in [-0.05, 0) is 31.2 Å². The molecule has 27 heavy (non-hydrogen) atoms. The Morgan fingerprint density at radius 3 is 2.78 bits per heavy atom. The Balaban J connectivity index is 1.58. The highest BCUT2D eigenvalue weighted by Gasteiger charge is 2.27. The molecule has 1 aromatic carbocycles. The molecule has 0 saturated carbocycles. The number of amides is 1. The van der Waals surface area contributed by atoms with Gasteiger partial charge in [0.05, 0.1) is 18.8 Å². The van der Waals surface area contributed by atoms with Crippen molar-refractivity contribution in [3.63, 3.8) is 0 Å². The highest BCUT2D eigenvalue weighted by Crippen LogP contribution is 2.29. The van der Waals surface area contributed by atoms with Crippen molar-refractivity contribution < 1.29 is 14.3 Å². The summed E-state index contributed by atoms with van der Waals surface area (Å²) < 4.78 is 12.7. The molecule has 146 valence electrons. The lowest BCUT2D eigenvalue weighted by Crippen LogP contribution is -2.38. The van der Waals surface area contributed by atoms with E-state index in [4.69, 9.17) is 9.47 Å². The lowest BCUT2D eigenvalue weighted by molar-refractivity contribution is 0.0318. The molecule has 1 amide bonds. The van der Waals surface area contributed by atoms with Crippen molar-refractivity contribution >= 4 is 17.7 Å². The first-order chi connectivity index (χ1) is 13.2. The number of hydrogen-bond donors (Lipinski definition) is 0. The first-order valence-corrected chi connectivity index (χ1v) is 10.5. The summed E-state index contributed by atoms with van der Waals surface area (Å²) in [5.74, 6) is 1.53. The van der Waals surface area contributed by atoms with Gasteiger partial charge in [-0.1, -0.05) is 12.1 Å². The van der Waals surface area contributed by atoms with E-state index in [0.29, 0.717) is 25.9 Å². The standard InChI is InChI=1S/C20H27N3O3S/c1-25-13-14-26-15-23-12-9-21-19(23)16-7-10-22(11-8-16)20(24)17-5-3-4-6-18(17)27-2/h3-6,9,12,16H,7-8,10-11,13-15H2,1-2H3. The van der Waals surface area contributed by atoms with Crippen molar-refractivity contribution in [2.45, 2.75) is 30.4 Å². The van der Waals surface area contributed by atoms with E-state index in [1.165, 1.54) is 0 Å². The number of hydrogen-bond acceptors (Lipinski definition) is 5. The molecule has 0 atom stereocenters. The zero-order valence-corrected chi connectivity index (χ0v) is 16.8. The molecule has 2 aromatic rings. The minimum Gasteiger partial charge on any atom is -0.382 e. The van der Waals surface area contributed by atoms with Crippen molar-refractivity contribution in [2.24, 2.45) is 0 Å². The number of nitrogens with zero attached hydrogens (tertiary/aromatic N) is 3. The number of aromatic nitrogens is 2. The Morgan fingerprint density at radius 1 is 1.26 bits per heavy atom. The third-order valence-corrected chi connectivity index (χ3v) is 5.69. The molecule has 6 nitrogen and oxygen atoms in total. The molecule has 2 heterocycles. The molecule has 1 aromatic heterocycles. The van der Waals surface area contributed by atoms with Crippen LogP contribution < -0.4 is 0 Å².